The third-order valence-corrected chi connectivity index (χ3v) is 5.50. The number of carboxylic acids is 1. The van der Waals surface area contributed by atoms with Crippen LogP contribution in [0.2, 0.25) is 0 Å². The second kappa shape index (κ2) is 11.9. The lowest BCUT2D eigenvalue weighted by Gasteiger charge is -2.19. The van der Waals surface area contributed by atoms with Gasteiger partial charge < -0.3 is 29.3 Å². The van der Waals surface area contributed by atoms with Crippen molar-refractivity contribution < 1.29 is 28.3 Å². The number of hydrogen-bond acceptors (Lipinski definition) is 8. The molecular formula is C26H28N4O6. The summed E-state index contributed by atoms with van der Waals surface area (Å²) in [5.41, 5.74) is 2.02. The molecule has 4 rings (SSSR count). The van der Waals surface area contributed by atoms with E-state index in [1.54, 1.807) is 24.3 Å². The molecule has 0 aliphatic rings. The van der Waals surface area contributed by atoms with Gasteiger partial charge >= 0.3 is 12.0 Å². The Morgan fingerprint density at radius 3 is 2.64 bits per heavy atom. The zero-order valence-electron chi connectivity index (χ0n) is 19.9. The molecular weight excluding hydrogens is 464 g/mol. The van der Waals surface area contributed by atoms with Crippen molar-refractivity contribution >= 4 is 28.5 Å². The SMILES string of the molecule is CCCC[C@@H](COc1nnc(-c2cc3ccccc3o2)o1)Nc1ccc(C(=O)NCCC(=O)O)cc1. The number of anilines is 1. The van der Waals surface area contributed by atoms with Crippen LogP contribution < -0.4 is 15.4 Å². The normalized spacial score (nSPS) is 11.8. The van der Waals surface area contributed by atoms with Crippen LogP contribution in [0.4, 0.5) is 5.69 Å². The molecule has 0 saturated carbocycles. The van der Waals surface area contributed by atoms with E-state index in [-0.39, 0.29) is 36.9 Å². The molecule has 188 valence electrons. The highest BCUT2D eigenvalue weighted by atomic mass is 16.6. The van der Waals surface area contributed by atoms with E-state index < -0.39 is 5.97 Å². The van der Waals surface area contributed by atoms with Gasteiger partial charge in [0.15, 0.2) is 5.76 Å². The molecule has 0 radical (unpaired) electrons. The maximum Gasteiger partial charge on any atom is 0.415 e. The van der Waals surface area contributed by atoms with E-state index in [9.17, 15) is 9.59 Å². The van der Waals surface area contributed by atoms with Crippen LogP contribution in [0.15, 0.2) is 63.4 Å². The number of aromatic nitrogens is 2. The number of carboxylic acid groups (broad SMARTS) is 1. The van der Waals surface area contributed by atoms with Crippen LogP contribution in [-0.2, 0) is 4.79 Å². The first-order valence-electron chi connectivity index (χ1n) is 11.8. The van der Waals surface area contributed by atoms with E-state index in [1.165, 1.54) is 0 Å². The molecule has 2 aromatic heterocycles. The molecule has 0 aliphatic carbocycles. The average molecular weight is 493 g/mol. The minimum absolute atomic E-state index is 0.0262. The summed E-state index contributed by atoms with van der Waals surface area (Å²) in [5.74, 6) is -0.547. The first-order chi connectivity index (χ1) is 17.5. The third kappa shape index (κ3) is 6.62. The minimum atomic E-state index is -0.957. The maximum atomic E-state index is 12.1. The molecule has 0 fully saturated rings. The lowest BCUT2D eigenvalue weighted by Crippen LogP contribution is -2.27. The van der Waals surface area contributed by atoms with Crippen molar-refractivity contribution in [1.82, 2.24) is 15.5 Å². The zero-order chi connectivity index (χ0) is 25.3. The van der Waals surface area contributed by atoms with Gasteiger partial charge in [0, 0.05) is 23.2 Å². The molecule has 1 amide bonds. The molecule has 1 atom stereocenters. The van der Waals surface area contributed by atoms with Crippen LogP contribution in [0, 0.1) is 0 Å². The predicted molar refractivity (Wildman–Crippen MR) is 133 cm³/mol. The highest BCUT2D eigenvalue weighted by Crippen LogP contribution is 2.28. The Morgan fingerprint density at radius 1 is 1.08 bits per heavy atom. The number of furan rings is 1. The molecule has 4 aromatic rings. The zero-order valence-corrected chi connectivity index (χ0v) is 19.9. The van der Waals surface area contributed by atoms with Gasteiger partial charge in [0.05, 0.1) is 12.5 Å². The smallest absolute Gasteiger partial charge is 0.415 e. The van der Waals surface area contributed by atoms with Crippen molar-refractivity contribution in [2.45, 2.75) is 38.6 Å². The number of amides is 1. The molecule has 2 heterocycles. The molecule has 0 saturated heterocycles. The number of fused-ring (bicyclic) bond motifs is 1. The topological polar surface area (TPSA) is 140 Å². The summed E-state index contributed by atoms with van der Waals surface area (Å²) >= 11 is 0. The van der Waals surface area contributed by atoms with Crippen LogP contribution in [0.3, 0.4) is 0 Å². The molecule has 0 aliphatic heterocycles. The first-order valence-corrected chi connectivity index (χ1v) is 11.8. The highest BCUT2D eigenvalue weighted by Gasteiger charge is 2.17. The number of nitrogens with one attached hydrogen (secondary N) is 2. The monoisotopic (exact) mass is 492 g/mol. The summed E-state index contributed by atoms with van der Waals surface area (Å²) in [6.45, 7) is 2.50. The second-order valence-corrected chi connectivity index (χ2v) is 8.29. The molecule has 0 spiro atoms. The van der Waals surface area contributed by atoms with Gasteiger partial charge in [-0.3, -0.25) is 9.59 Å². The number of benzene rings is 2. The average Bonchev–Trinajstić information content (AvgIpc) is 3.53. The van der Waals surface area contributed by atoms with E-state index in [0.717, 1.165) is 35.9 Å². The van der Waals surface area contributed by atoms with Gasteiger partial charge in [-0.25, -0.2) is 0 Å². The number of para-hydroxylation sites is 1. The van der Waals surface area contributed by atoms with Gasteiger partial charge in [-0.05, 0) is 42.8 Å². The van der Waals surface area contributed by atoms with Gasteiger partial charge in [-0.1, -0.05) is 43.1 Å². The molecule has 3 N–H and O–H groups in total. The molecule has 0 unspecified atom stereocenters. The van der Waals surface area contributed by atoms with Crippen LogP contribution in [0.1, 0.15) is 43.0 Å². The van der Waals surface area contributed by atoms with Crippen LogP contribution in [-0.4, -0.2) is 46.4 Å². The van der Waals surface area contributed by atoms with Gasteiger partial charge in [-0.2, -0.15) is 0 Å². The van der Waals surface area contributed by atoms with Gasteiger partial charge in [0.1, 0.15) is 12.2 Å². The standard InChI is InChI=1S/C26H28N4O6/c1-2-3-7-20(28-19-11-9-17(10-12-19)24(33)27-14-13-23(31)32)16-34-26-30-29-25(36-26)22-15-18-6-4-5-8-21(18)35-22/h4-6,8-12,15,20,28H,2-3,7,13-14,16H2,1H3,(H,27,33)(H,31,32)/t20-/m0/s1. The summed E-state index contributed by atoms with van der Waals surface area (Å²) < 4.78 is 17.2. The van der Waals surface area contributed by atoms with E-state index >= 15 is 0 Å². The Bertz CT molecular complexity index is 1260. The number of carbonyl (C=O) groups is 2. The Morgan fingerprint density at radius 2 is 1.89 bits per heavy atom. The van der Waals surface area contributed by atoms with Crippen molar-refractivity contribution in [3.05, 3.63) is 60.2 Å². The van der Waals surface area contributed by atoms with Gasteiger partial charge in [-0.15, -0.1) is 5.10 Å². The summed E-state index contributed by atoms with van der Waals surface area (Å²) in [6, 6.07) is 16.4. The lowest BCUT2D eigenvalue weighted by atomic mass is 10.1. The van der Waals surface area contributed by atoms with E-state index in [2.05, 4.69) is 27.8 Å². The summed E-state index contributed by atoms with van der Waals surface area (Å²) in [7, 11) is 0. The number of rotatable bonds is 13. The Kier molecular flexibility index (Phi) is 8.17. The molecule has 0 bridgehead atoms. The number of hydrogen-bond donors (Lipinski definition) is 3. The number of aliphatic carboxylic acids is 1. The summed E-state index contributed by atoms with van der Waals surface area (Å²) in [4.78, 5) is 22.7. The van der Waals surface area contributed by atoms with Crippen molar-refractivity contribution in [3.8, 4) is 17.7 Å². The molecule has 10 heteroatoms. The number of ether oxygens (including phenoxy) is 1. The number of unbranched alkanes of at least 4 members (excludes halogenated alkanes) is 1. The van der Waals surface area contributed by atoms with Crippen molar-refractivity contribution in [1.29, 1.82) is 0 Å². The fraction of sp³-hybridized carbons (Fsp3) is 0.308. The summed E-state index contributed by atoms with van der Waals surface area (Å²) in [6.07, 6.45) is 2.83. The fourth-order valence-corrected chi connectivity index (χ4v) is 3.61. The van der Waals surface area contributed by atoms with E-state index in [1.807, 2.05) is 30.3 Å². The van der Waals surface area contributed by atoms with Gasteiger partial charge in [0.25, 0.3) is 11.8 Å². The highest BCUT2D eigenvalue weighted by molar-refractivity contribution is 5.94. The second-order valence-electron chi connectivity index (χ2n) is 8.29. The quantitative estimate of drug-likeness (QED) is 0.241. The van der Waals surface area contributed by atoms with Crippen molar-refractivity contribution in [2.75, 3.05) is 18.5 Å². The van der Waals surface area contributed by atoms with Crippen molar-refractivity contribution in [2.24, 2.45) is 0 Å². The largest absolute Gasteiger partial charge is 0.481 e. The maximum absolute atomic E-state index is 12.1. The summed E-state index contributed by atoms with van der Waals surface area (Å²) in [5, 5.41) is 23.7. The first kappa shape index (κ1) is 24.8. The number of nitrogens with zero attached hydrogens (tertiary/aromatic N) is 2. The molecule has 36 heavy (non-hydrogen) atoms. The van der Waals surface area contributed by atoms with Gasteiger partial charge in [0.2, 0.25) is 0 Å². The Hall–Kier alpha value is -4.34. The predicted octanol–water partition coefficient (Wildman–Crippen LogP) is 4.74. The molecule has 2 aromatic carbocycles. The van der Waals surface area contributed by atoms with Crippen LogP contribution >= 0.6 is 0 Å². The Labute approximate surface area is 207 Å². The lowest BCUT2D eigenvalue weighted by molar-refractivity contribution is -0.136. The minimum Gasteiger partial charge on any atom is -0.481 e. The van der Waals surface area contributed by atoms with Crippen LogP contribution in [0.5, 0.6) is 6.08 Å². The van der Waals surface area contributed by atoms with E-state index in [0.29, 0.717) is 17.9 Å². The fourth-order valence-electron chi connectivity index (χ4n) is 3.61. The third-order valence-electron chi connectivity index (χ3n) is 5.50. The molecule has 10 nitrogen and oxygen atoms in total. The number of carbonyl (C=O) groups excluding carboxylic acids is 1. The van der Waals surface area contributed by atoms with E-state index in [4.69, 9.17) is 18.7 Å². The van der Waals surface area contributed by atoms with Crippen molar-refractivity contribution in [3.63, 3.8) is 0 Å². The van der Waals surface area contributed by atoms with Crippen LogP contribution in [0.25, 0.3) is 22.6 Å². The Balaban J connectivity index is 1.34.